The van der Waals surface area contributed by atoms with Gasteiger partial charge in [-0.05, 0) is 54.7 Å². The number of ether oxygens (including phenoxy) is 3. The lowest BCUT2D eigenvalue weighted by atomic mass is 9.83. The van der Waals surface area contributed by atoms with Gasteiger partial charge in [0, 0.05) is 17.0 Å². The van der Waals surface area contributed by atoms with Gasteiger partial charge in [0.1, 0.15) is 36.6 Å². The molecule has 0 fully saturated rings. The van der Waals surface area contributed by atoms with E-state index in [1.165, 1.54) is 5.56 Å². The Morgan fingerprint density at radius 3 is 2.07 bits per heavy atom. The molecule has 3 aromatic rings. The van der Waals surface area contributed by atoms with E-state index < -0.39 is 0 Å². The molecule has 4 heteroatoms. The number of fused-ring (bicyclic) bond motifs is 4. The molecular weight excluding hydrogens is 347 g/mol. The quantitative estimate of drug-likeness (QED) is 0.560. The standard InChI is InChI=1S/C24H23BO3/c1-4-8-16-22-15(2)9-5-11-18(22)27-20-13-7-14-21(24(20)25)28-19-12-6-10-17(26-3)23(16)19/h5-7,9-14,16H,4,8H2,1-3H3/t16-/m1/s1. The summed E-state index contributed by atoms with van der Waals surface area (Å²) in [6, 6.07) is 17.7. The fourth-order valence-corrected chi connectivity index (χ4v) is 3.98. The highest BCUT2D eigenvalue weighted by Gasteiger charge is 2.28. The fourth-order valence-electron chi connectivity index (χ4n) is 3.98. The zero-order valence-electron chi connectivity index (χ0n) is 16.5. The van der Waals surface area contributed by atoms with Crippen molar-refractivity contribution in [1.29, 1.82) is 0 Å². The SMILES string of the molecule is [B]c1c2cccc1Oc1cccc(OC)c1[C@H](CCC)c1c(C)cccc1O2. The second-order valence-electron chi connectivity index (χ2n) is 7.07. The highest BCUT2D eigenvalue weighted by molar-refractivity contribution is 6.36. The maximum absolute atomic E-state index is 6.37. The van der Waals surface area contributed by atoms with Crippen molar-refractivity contribution in [2.24, 2.45) is 0 Å². The minimum Gasteiger partial charge on any atom is -0.496 e. The Labute approximate surface area is 167 Å². The summed E-state index contributed by atoms with van der Waals surface area (Å²) in [6.07, 6.45) is 1.96. The summed E-state index contributed by atoms with van der Waals surface area (Å²) < 4.78 is 18.4. The maximum Gasteiger partial charge on any atom is 0.134 e. The molecule has 4 rings (SSSR count). The van der Waals surface area contributed by atoms with Gasteiger partial charge in [-0.3, -0.25) is 0 Å². The summed E-state index contributed by atoms with van der Waals surface area (Å²) in [5.41, 5.74) is 3.82. The van der Waals surface area contributed by atoms with Crippen molar-refractivity contribution in [2.75, 3.05) is 7.11 Å². The van der Waals surface area contributed by atoms with E-state index in [9.17, 15) is 0 Å². The Hall–Kier alpha value is -2.88. The van der Waals surface area contributed by atoms with E-state index in [4.69, 9.17) is 22.1 Å². The van der Waals surface area contributed by atoms with Gasteiger partial charge in [-0.2, -0.15) is 0 Å². The highest BCUT2D eigenvalue weighted by atomic mass is 16.5. The van der Waals surface area contributed by atoms with Crippen LogP contribution in [0.25, 0.3) is 0 Å². The number of aryl methyl sites for hydroxylation is 1. The van der Waals surface area contributed by atoms with Crippen LogP contribution in [0.15, 0.2) is 54.6 Å². The number of methoxy groups -OCH3 is 1. The number of benzene rings is 3. The van der Waals surface area contributed by atoms with Crippen molar-refractivity contribution < 1.29 is 14.2 Å². The Balaban J connectivity index is 2.07. The van der Waals surface area contributed by atoms with Crippen molar-refractivity contribution in [3.8, 4) is 28.7 Å². The Bertz CT molecular complexity index is 1010. The van der Waals surface area contributed by atoms with Gasteiger partial charge in [-0.25, -0.2) is 0 Å². The third kappa shape index (κ3) is 3.13. The lowest BCUT2D eigenvalue weighted by Gasteiger charge is -2.28. The van der Waals surface area contributed by atoms with Crippen LogP contribution in [-0.4, -0.2) is 15.0 Å². The Morgan fingerprint density at radius 2 is 1.43 bits per heavy atom. The smallest absolute Gasteiger partial charge is 0.134 e. The number of rotatable bonds is 3. The van der Waals surface area contributed by atoms with Crippen LogP contribution in [0.4, 0.5) is 0 Å². The van der Waals surface area contributed by atoms with Crippen molar-refractivity contribution >= 4 is 13.3 Å². The average Bonchev–Trinajstić information content (AvgIpc) is 2.69. The minimum absolute atomic E-state index is 0.0811. The number of hydrogen-bond acceptors (Lipinski definition) is 3. The lowest BCUT2D eigenvalue weighted by Crippen LogP contribution is -2.15. The second kappa shape index (κ2) is 7.63. The van der Waals surface area contributed by atoms with Crippen molar-refractivity contribution in [3.63, 3.8) is 0 Å². The third-order valence-electron chi connectivity index (χ3n) is 5.27. The van der Waals surface area contributed by atoms with E-state index >= 15 is 0 Å². The van der Waals surface area contributed by atoms with E-state index in [0.717, 1.165) is 41.2 Å². The molecule has 0 amide bonds. The molecule has 0 N–H and O–H groups in total. The summed E-state index contributed by atoms with van der Waals surface area (Å²) in [5.74, 6) is 3.65. The fraction of sp³-hybridized carbons (Fsp3) is 0.250. The largest absolute Gasteiger partial charge is 0.496 e. The molecule has 28 heavy (non-hydrogen) atoms. The predicted octanol–water partition coefficient (Wildman–Crippen LogP) is 5.63. The van der Waals surface area contributed by atoms with Gasteiger partial charge < -0.3 is 14.2 Å². The molecule has 140 valence electrons. The van der Waals surface area contributed by atoms with Crippen LogP contribution >= 0.6 is 0 Å². The molecule has 0 saturated carbocycles. The molecule has 2 radical (unpaired) electrons. The number of hydrogen-bond donors (Lipinski definition) is 0. The molecule has 1 aliphatic rings. The minimum atomic E-state index is 0.0811. The molecule has 0 aromatic heterocycles. The van der Waals surface area contributed by atoms with Gasteiger partial charge in [0.15, 0.2) is 0 Å². The van der Waals surface area contributed by atoms with Crippen LogP contribution in [-0.2, 0) is 0 Å². The van der Waals surface area contributed by atoms with Gasteiger partial charge in [0.05, 0.1) is 7.11 Å². The summed E-state index contributed by atoms with van der Waals surface area (Å²) in [6.45, 7) is 4.31. The molecule has 3 aromatic carbocycles. The van der Waals surface area contributed by atoms with Crippen LogP contribution in [0, 0.1) is 6.92 Å². The molecule has 3 nitrogen and oxygen atoms in total. The van der Waals surface area contributed by atoms with E-state index in [1.807, 2.05) is 48.5 Å². The van der Waals surface area contributed by atoms with E-state index in [1.54, 1.807) is 7.11 Å². The van der Waals surface area contributed by atoms with Crippen LogP contribution in [0.3, 0.4) is 0 Å². The molecule has 0 unspecified atom stereocenters. The Morgan fingerprint density at radius 1 is 0.857 bits per heavy atom. The first-order chi connectivity index (χ1) is 13.6. The van der Waals surface area contributed by atoms with Crippen molar-refractivity contribution in [2.45, 2.75) is 32.6 Å². The summed E-state index contributed by atoms with van der Waals surface area (Å²) in [5, 5.41) is 0. The summed E-state index contributed by atoms with van der Waals surface area (Å²) in [7, 11) is 8.07. The Kier molecular flexibility index (Phi) is 5.04. The highest BCUT2D eigenvalue weighted by Crippen LogP contribution is 2.47. The first-order valence-electron chi connectivity index (χ1n) is 9.64. The first kappa shape index (κ1) is 18.5. The van der Waals surface area contributed by atoms with Gasteiger partial charge in [0.2, 0.25) is 0 Å². The van der Waals surface area contributed by atoms with E-state index in [-0.39, 0.29) is 5.92 Å². The normalized spacial score (nSPS) is 14.9. The van der Waals surface area contributed by atoms with Gasteiger partial charge >= 0.3 is 0 Å². The van der Waals surface area contributed by atoms with E-state index in [2.05, 4.69) is 19.9 Å². The summed E-state index contributed by atoms with van der Waals surface area (Å²) in [4.78, 5) is 0. The molecule has 1 aliphatic heterocycles. The van der Waals surface area contributed by atoms with Crippen LogP contribution in [0.2, 0.25) is 0 Å². The predicted molar refractivity (Wildman–Crippen MR) is 113 cm³/mol. The van der Waals surface area contributed by atoms with Crippen LogP contribution in [0.5, 0.6) is 28.7 Å². The molecule has 1 heterocycles. The van der Waals surface area contributed by atoms with Gasteiger partial charge in [0.25, 0.3) is 0 Å². The van der Waals surface area contributed by atoms with Crippen molar-refractivity contribution in [3.05, 3.63) is 71.3 Å². The third-order valence-corrected chi connectivity index (χ3v) is 5.27. The molecule has 0 saturated heterocycles. The zero-order valence-corrected chi connectivity index (χ0v) is 16.5. The molecule has 1 atom stereocenters. The summed E-state index contributed by atoms with van der Waals surface area (Å²) >= 11 is 0. The van der Waals surface area contributed by atoms with Crippen LogP contribution < -0.4 is 19.7 Å². The van der Waals surface area contributed by atoms with E-state index in [0.29, 0.717) is 17.0 Å². The molecular formula is C24H23BO3. The van der Waals surface area contributed by atoms with Gasteiger partial charge in [-0.15, -0.1) is 0 Å². The second-order valence-corrected chi connectivity index (χ2v) is 7.07. The first-order valence-corrected chi connectivity index (χ1v) is 9.64. The molecule has 0 aliphatic carbocycles. The maximum atomic E-state index is 6.37. The lowest BCUT2D eigenvalue weighted by molar-refractivity contribution is 0.393. The average molecular weight is 370 g/mol. The zero-order chi connectivity index (χ0) is 19.7. The van der Waals surface area contributed by atoms with Crippen LogP contribution in [0.1, 0.15) is 42.4 Å². The molecule has 2 bridgehead atoms. The topological polar surface area (TPSA) is 27.7 Å². The van der Waals surface area contributed by atoms with Crippen molar-refractivity contribution in [1.82, 2.24) is 0 Å². The monoisotopic (exact) mass is 370 g/mol. The van der Waals surface area contributed by atoms with Gasteiger partial charge in [-0.1, -0.05) is 37.6 Å². The molecule has 0 spiro atoms.